The molecule has 1 fully saturated rings. The Kier molecular flexibility index (Phi) is 6.53. The van der Waals surface area contributed by atoms with Crippen molar-refractivity contribution in [3.8, 4) is 11.5 Å². The van der Waals surface area contributed by atoms with Crippen LogP contribution in [0, 0.1) is 0 Å². The zero-order valence-electron chi connectivity index (χ0n) is 21.3. The summed E-state index contributed by atoms with van der Waals surface area (Å²) < 4.78 is 12.4. The van der Waals surface area contributed by atoms with Crippen LogP contribution in [0.3, 0.4) is 0 Å². The Morgan fingerprint density at radius 2 is 2.03 bits per heavy atom. The van der Waals surface area contributed by atoms with Crippen molar-refractivity contribution in [3.63, 3.8) is 0 Å². The lowest BCUT2D eigenvalue weighted by molar-refractivity contribution is -0.132. The molecule has 0 radical (unpaired) electrons. The summed E-state index contributed by atoms with van der Waals surface area (Å²) in [6.45, 7) is 4.52. The first-order chi connectivity index (χ1) is 18.8. The summed E-state index contributed by atoms with van der Waals surface area (Å²) in [5.74, 6) is -0.415. The lowest BCUT2D eigenvalue weighted by atomic mass is 9.94. The third kappa shape index (κ3) is 4.53. The molecule has 3 aromatic carbocycles. The number of amides is 1. The van der Waals surface area contributed by atoms with E-state index in [-0.39, 0.29) is 17.4 Å². The predicted molar refractivity (Wildman–Crippen MR) is 152 cm³/mol. The Balaban J connectivity index is 1.52. The minimum absolute atomic E-state index is 0.00292. The summed E-state index contributed by atoms with van der Waals surface area (Å²) in [6.07, 6.45) is 1.55. The number of Topliss-reactive ketones (excluding diaryl/α,β-unsaturated/α-hetero) is 1. The number of halogens is 1. The molecule has 9 heteroatoms. The van der Waals surface area contributed by atoms with E-state index in [1.165, 1.54) is 16.2 Å². The van der Waals surface area contributed by atoms with E-state index in [0.717, 1.165) is 22.4 Å². The second kappa shape index (κ2) is 10.0. The fourth-order valence-electron chi connectivity index (χ4n) is 5.05. The first-order valence-corrected chi connectivity index (χ1v) is 13.9. The molecular formula is C30H25ClN2O5S. The van der Waals surface area contributed by atoms with Crippen LogP contribution in [0.1, 0.15) is 43.0 Å². The summed E-state index contributed by atoms with van der Waals surface area (Å²) in [4.78, 5) is 33.2. The van der Waals surface area contributed by atoms with Gasteiger partial charge in [-0.05, 0) is 73.0 Å². The van der Waals surface area contributed by atoms with Crippen molar-refractivity contribution < 1.29 is 24.2 Å². The molecule has 0 aliphatic carbocycles. The smallest absolute Gasteiger partial charge is 0.301 e. The molecule has 1 aromatic heterocycles. The van der Waals surface area contributed by atoms with Crippen molar-refractivity contribution in [2.75, 3.05) is 11.5 Å². The fourth-order valence-corrected chi connectivity index (χ4v) is 6.32. The number of benzene rings is 3. The van der Waals surface area contributed by atoms with Crippen LogP contribution in [0.2, 0.25) is 5.02 Å². The monoisotopic (exact) mass is 560 g/mol. The Morgan fingerprint density at radius 3 is 2.85 bits per heavy atom. The van der Waals surface area contributed by atoms with Crippen molar-refractivity contribution in [3.05, 3.63) is 87.9 Å². The van der Waals surface area contributed by atoms with Gasteiger partial charge in [0.15, 0.2) is 5.13 Å². The lowest BCUT2D eigenvalue weighted by Crippen LogP contribution is -2.29. The number of aliphatic hydroxyl groups is 1. The van der Waals surface area contributed by atoms with Crippen LogP contribution in [-0.2, 0) is 16.0 Å². The van der Waals surface area contributed by atoms with Crippen molar-refractivity contribution in [1.29, 1.82) is 0 Å². The van der Waals surface area contributed by atoms with Crippen molar-refractivity contribution in [1.82, 2.24) is 4.98 Å². The molecule has 7 nitrogen and oxygen atoms in total. The number of carbonyl (C=O) groups excluding carboxylic acids is 2. The molecule has 4 aromatic rings. The van der Waals surface area contributed by atoms with Gasteiger partial charge in [-0.15, -0.1) is 0 Å². The molecule has 2 aliphatic rings. The van der Waals surface area contributed by atoms with E-state index in [4.69, 9.17) is 21.1 Å². The third-order valence-corrected chi connectivity index (χ3v) is 8.06. The highest BCUT2D eigenvalue weighted by Gasteiger charge is 2.48. The number of hydrogen-bond acceptors (Lipinski definition) is 7. The number of nitrogens with zero attached hydrogens (tertiary/aromatic N) is 2. The van der Waals surface area contributed by atoms with Gasteiger partial charge in [-0.3, -0.25) is 14.5 Å². The van der Waals surface area contributed by atoms with Gasteiger partial charge in [0.1, 0.15) is 23.4 Å². The number of aliphatic hydroxyl groups excluding tert-OH is 1. The normalized spacial score (nSPS) is 19.9. The first-order valence-electron chi connectivity index (χ1n) is 12.7. The van der Waals surface area contributed by atoms with Gasteiger partial charge in [0.25, 0.3) is 5.78 Å². The highest BCUT2D eigenvalue weighted by Crippen LogP contribution is 2.45. The standard InChI is InChI=1S/C30H25ClN2O5S/c1-3-11-37-21-6-4-5-17(14-21)26-25(27(34)18-7-10-23-19(13-18)12-16(2)38-23)28(35)29(36)33(26)30-32-22-9-8-20(31)15-24(22)39-30/h4-10,13-16,26,34H,3,11-12H2,1-2H3/t16-,26-/m1/s1. The zero-order chi connectivity index (χ0) is 27.3. The SMILES string of the molecule is CCCOc1cccc([C@@H]2C(=C(O)c3ccc4c(c3)C[C@@H](C)O4)C(=O)C(=O)N2c2nc3ccc(Cl)cc3s2)c1. The molecule has 0 unspecified atom stereocenters. The highest BCUT2D eigenvalue weighted by molar-refractivity contribution is 7.22. The van der Waals surface area contributed by atoms with E-state index in [1.54, 1.807) is 36.4 Å². The molecular weight excluding hydrogens is 536 g/mol. The van der Waals surface area contributed by atoms with E-state index in [0.29, 0.717) is 45.6 Å². The topological polar surface area (TPSA) is 89.0 Å². The summed E-state index contributed by atoms with van der Waals surface area (Å²) in [7, 11) is 0. The van der Waals surface area contributed by atoms with Crippen LogP contribution in [0.5, 0.6) is 11.5 Å². The van der Waals surface area contributed by atoms with Gasteiger partial charge >= 0.3 is 5.91 Å². The van der Waals surface area contributed by atoms with Crippen LogP contribution >= 0.6 is 22.9 Å². The van der Waals surface area contributed by atoms with E-state index >= 15 is 0 Å². The summed E-state index contributed by atoms with van der Waals surface area (Å²) in [5, 5.41) is 12.5. The van der Waals surface area contributed by atoms with E-state index < -0.39 is 17.7 Å². The summed E-state index contributed by atoms with van der Waals surface area (Å²) in [6, 6.07) is 16.9. The zero-order valence-corrected chi connectivity index (χ0v) is 22.9. The number of ether oxygens (including phenoxy) is 2. The maximum atomic E-state index is 13.6. The number of anilines is 1. The molecule has 0 spiro atoms. The van der Waals surface area contributed by atoms with Crippen LogP contribution in [-0.4, -0.2) is 34.5 Å². The molecule has 1 amide bonds. The Morgan fingerprint density at radius 1 is 1.18 bits per heavy atom. The predicted octanol–water partition coefficient (Wildman–Crippen LogP) is 6.69. The van der Waals surface area contributed by atoms with Crippen molar-refractivity contribution in [2.45, 2.75) is 38.8 Å². The van der Waals surface area contributed by atoms with Gasteiger partial charge in [-0.1, -0.05) is 42.0 Å². The molecule has 6 rings (SSSR count). The fraction of sp³-hybridized carbons (Fsp3) is 0.233. The minimum atomic E-state index is -0.908. The largest absolute Gasteiger partial charge is 0.507 e. The van der Waals surface area contributed by atoms with Gasteiger partial charge in [0, 0.05) is 17.0 Å². The lowest BCUT2D eigenvalue weighted by Gasteiger charge is -2.23. The van der Waals surface area contributed by atoms with Gasteiger partial charge in [-0.25, -0.2) is 4.98 Å². The quantitative estimate of drug-likeness (QED) is 0.161. The minimum Gasteiger partial charge on any atom is -0.507 e. The summed E-state index contributed by atoms with van der Waals surface area (Å²) >= 11 is 7.45. The van der Waals surface area contributed by atoms with E-state index in [9.17, 15) is 14.7 Å². The van der Waals surface area contributed by atoms with Gasteiger partial charge in [-0.2, -0.15) is 0 Å². The molecule has 198 valence electrons. The molecule has 1 saturated heterocycles. The van der Waals surface area contributed by atoms with Gasteiger partial charge in [0.05, 0.1) is 28.4 Å². The second-order valence-corrected chi connectivity index (χ2v) is 11.1. The molecule has 39 heavy (non-hydrogen) atoms. The average Bonchev–Trinajstić information content (AvgIpc) is 3.59. The maximum Gasteiger partial charge on any atom is 0.301 e. The van der Waals surface area contributed by atoms with E-state index in [1.807, 2.05) is 38.1 Å². The van der Waals surface area contributed by atoms with Crippen molar-refractivity contribution in [2.24, 2.45) is 0 Å². The number of ketones is 1. The Labute approximate surface area is 234 Å². The summed E-state index contributed by atoms with van der Waals surface area (Å²) in [5.41, 5.74) is 2.67. The second-order valence-electron chi connectivity index (χ2n) is 9.65. The number of fused-ring (bicyclic) bond motifs is 2. The molecule has 2 aliphatic heterocycles. The Hall–Kier alpha value is -3.88. The third-order valence-electron chi connectivity index (χ3n) is 6.81. The van der Waals surface area contributed by atoms with E-state index in [2.05, 4.69) is 4.98 Å². The number of aromatic nitrogens is 1. The maximum absolute atomic E-state index is 13.6. The first kappa shape index (κ1) is 25.4. The molecule has 0 bridgehead atoms. The number of carbonyl (C=O) groups is 2. The molecule has 1 N–H and O–H groups in total. The number of thiazole rings is 1. The molecule has 0 saturated carbocycles. The van der Waals surface area contributed by atoms with Gasteiger partial charge in [0.2, 0.25) is 0 Å². The average molecular weight is 561 g/mol. The van der Waals surface area contributed by atoms with Crippen LogP contribution in [0.4, 0.5) is 5.13 Å². The van der Waals surface area contributed by atoms with Crippen LogP contribution < -0.4 is 14.4 Å². The molecule has 2 atom stereocenters. The molecule has 3 heterocycles. The van der Waals surface area contributed by atoms with Gasteiger partial charge < -0.3 is 14.6 Å². The Bertz CT molecular complexity index is 1660. The van der Waals surface area contributed by atoms with Crippen LogP contribution in [0.25, 0.3) is 16.0 Å². The highest BCUT2D eigenvalue weighted by atomic mass is 35.5. The van der Waals surface area contributed by atoms with Crippen LogP contribution in [0.15, 0.2) is 66.2 Å². The number of hydrogen-bond donors (Lipinski definition) is 1. The van der Waals surface area contributed by atoms with Crippen molar-refractivity contribution >= 4 is 55.7 Å². The number of rotatable bonds is 6.